The molecule has 0 atom stereocenters. The van der Waals surface area contributed by atoms with Crippen molar-refractivity contribution in [1.29, 1.82) is 0 Å². The second-order valence-electron chi connectivity index (χ2n) is 3.94. The van der Waals surface area contributed by atoms with E-state index in [2.05, 4.69) is 16.3 Å². The topological polar surface area (TPSA) is 69.8 Å². The highest BCUT2D eigenvalue weighted by molar-refractivity contribution is 7.11. The minimum Gasteiger partial charge on any atom is -0.255 e. The molecule has 0 N–H and O–H groups in total. The van der Waals surface area contributed by atoms with Crippen molar-refractivity contribution in [2.45, 2.75) is 32.6 Å². The highest BCUT2D eigenvalue weighted by Gasteiger charge is 2.12. The average molecular weight is 286 g/mol. The van der Waals surface area contributed by atoms with Crippen molar-refractivity contribution < 1.29 is 0 Å². The molecule has 98 valence electrons. The van der Waals surface area contributed by atoms with E-state index in [0.717, 1.165) is 59.1 Å². The minimum absolute atomic E-state index is 0.289. The van der Waals surface area contributed by atoms with E-state index in [-0.39, 0.29) is 10.6 Å². The van der Waals surface area contributed by atoms with Crippen LogP contribution in [0, 0.1) is 0 Å². The third kappa shape index (κ3) is 2.59. The van der Waals surface area contributed by atoms with Crippen LogP contribution in [0.5, 0.6) is 0 Å². The van der Waals surface area contributed by atoms with Crippen LogP contribution in [-0.2, 0) is 13.5 Å². The van der Waals surface area contributed by atoms with E-state index in [0.29, 0.717) is 5.13 Å². The van der Waals surface area contributed by atoms with Gasteiger partial charge in [-0.2, -0.15) is 8.33 Å². The standard InChI is InChI=1S/C10H14N4O2S2/c1-3-4-5-6-7-11-8(17-12-7)14-9(15)13(2)10(16)18-14/h3-6H2,1-2H3. The molecule has 0 saturated heterocycles. The zero-order valence-electron chi connectivity index (χ0n) is 10.3. The van der Waals surface area contributed by atoms with Gasteiger partial charge in [0.25, 0.3) is 0 Å². The number of hydrogen-bond donors (Lipinski definition) is 0. The number of unbranched alkanes of at least 4 members (excludes halogenated alkanes) is 2. The normalized spacial score (nSPS) is 11.0. The third-order valence-corrected chi connectivity index (χ3v) is 4.34. The lowest BCUT2D eigenvalue weighted by molar-refractivity contribution is 0.699. The minimum atomic E-state index is -0.360. The van der Waals surface area contributed by atoms with Gasteiger partial charge in [-0.25, -0.2) is 9.78 Å². The Bertz CT molecular complexity index is 637. The van der Waals surface area contributed by atoms with E-state index < -0.39 is 0 Å². The smallest absolute Gasteiger partial charge is 0.255 e. The van der Waals surface area contributed by atoms with E-state index >= 15 is 0 Å². The number of aryl methyl sites for hydroxylation is 1. The van der Waals surface area contributed by atoms with Crippen molar-refractivity contribution >= 4 is 23.1 Å². The Morgan fingerprint density at radius 3 is 2.67 bits per heavy atom. The van der Waals surface area contributed by atoms with E-state index in [1.165, 1.54) is 11.0 Å². The van der Waals surface area contributed by atoms with Gasteiger partial charge < -0.3 is 0 Å². The fourth-order valence-electron chi connectivity index (χ4n) is 1.48. The van der Waals surface area contributed by atoms with Gasteiger partial charge in [-0.1, -0.05) is 19.8 Å². The lowest BCUT2D eigenvalue weighted by Crippen LogP contribution is -2.25. The lowest BCUT2D eigenvalue weighted by Gasteiger charge is -1.93. The molecule has 0 aliphatic carbocycles. The fourth-order valence-corrected chi connectivity index (χ4v) is 2.98. The summed E-state index contributed by atoms with van der Waals surface area (Å²) in [5.74, 6) is 0.749. The molecule has 2 heterocycles. The third-order valence-electron chi connectivity index (χ3n) is 2.54. The summed E-state index contributed by atoms with van der Waals surface area (Å²) >= 11 is 2.01. The Kier molecular flexibility index (Phi) is 4.07. The molecule has 0 bridgehead atoms. The molecule has 0 radical (unpaired) electrons. The predicted molar refractivity (Wildman–Crippen MR) is 71.9 cm³/mol. The Labute approximate surface area is 112 Å². The monoisotopic (exact) mass is 286 g/mol. The largest absolute Gasteiger partial charge is 0.347 e. The molecule has 2 rings (SSSR count). The molecule has 0 saturated carbocycles. The Hall–Kier alpha value is -1.28. The first-order valence-corrected chi connectivity index (χ1v) is 7.30. The molecule has 2 aromatic heterocycles. The van der Waals surface area contributed by atoms with Crippen molar-refractivity contribution in [1.82, 2.24) is 17.9 Å². The summed E-state index contributed by atoms with van der Waals surface area (Å²) in [6, 6.07) is 0. The molecule has 0 aromatic carbocycles. The highest BCUT2D eigenvalue weighted by atomic mass is 32.1. The van der Waals surface area contributed by atoms with E-state index in [1.54, 1.807) is 0 Å². The van der Waals surface area contributed by atoms with Crippen LogP contribution >= 0.6 is 23.1 Å². The van der Waals surface area contributed by atoms with Crippen LogP contribution in [0.4, 0.5) is 0 Å². The van der Waals surface area contributed by atoms with Gasteiger partial charge in [0, 0.05) is 36.5 Å². The lowest BCUT2D eigenvalue weighted by atomic mass is 10.2. The van der Waals surface area contributed by atoms with Crippen molar-refractivity contribution in [2.24, 2.45) is 7.05 Å². The number of rotatable bonds is 5. The van der Waals surface area contributed by atoms with Crippen molar-refractivity contribution in [3.63, 3.8) is 0 Å². The highest BCUT2D eigenvalue weighted by Crippen LogP contribution is 2.12. The molecule has 6 nitrogen and oxygen atoms in total. The summed E-state index contributed by atoms with van der Waals surface area (Å²) < 4.78 is 6.58. The van der Waals surface area contributed by atoms with Crippen LogP contribution in [0.1, 0.15) is 32.0 Å². The molecule has 0 aliphatic heterocycles. The quantitative estimate of drug-likeness (QED) is 0.774. The molecule has 0 spiro atoms. The molecule has 0 unspecified atom stereocenters. The van der Waals surface area contributed by atoms with Gasteiger partial charge in [0.15, 0.2) is 0 Å². The van der Waals surface area contributed by atoms with Gasteiger partial charge in [0.2, 0.25) is 5.13 Å². The molecule has 2 aromatic rings. The fraction of sp³-hybridized carbons (Fsp3) is 0.600. The van der Waals surface area contributed by atoms with Gasteiger partial charge in [-0.15, -0.1) is 0 Å². The first kappa shape index (κ1) is 13.2. The molecule has 18 heavy (non-hydrogen) atoms. The Morgan fingerprint density at radius 2 is 2.06 bits per heavy atom. The Morgan fingerprint density at radius 1 is 1.28 bits per heavy atom. The molecule has 8 heteroatoms. The van der Waals surface area contributed by atoms with Crippen molar-refractivity contribution in [3.8, 4) is 5.13 Å². The summed E-state index contributed by atoms with van der Waals surface area (Å²) in [7, 11) is 1.46. The van der Waals surface area contributed by atoms with Gasteiger partial charge in [0.1, 0.15) is 5.82 Å². The number of nitrogens with zero attached hydrogens (tertiary/aromatic N) is 4. The van der Waals surface area contributed by atoms with Gasteiger partial charge >= 0.3 is 10.6 Å². The van der Waals surface area contributed by atoms with E-state index in [4.69, 9.17) is 0 Å². The first-order chi connectivity index (χ1) is 8.63. The van der Waals surface area contributed by atoms with Crippen LogP contribution in [0.15, 0.2) is 9.59 Å². The van der Waals surface area contributed by atoms with Gasteiger partial charge in [-0.05, 0) is 6.42 Å². The van der Waals surface area contributed by atoms with Gasteiger partial charge in [0.05, 0.1) is 0 Å². The maximum absolute atomic E-state index is 11.7. The van der Waals surface area contributed by atoms with Crippen LogP contribution in [0.2, 0.25) is 0 Å². The van der Waals surface area contributed by atoms with Crippen LogP contribution in [0.3, 0.4) is 0 Å². The average Bonchev–Trinajstić information content (AvgIpc) is 2.91. The van der Waals surface area contributed by atoms with Crippen LogP contribution in [-0.4, -0.2) is 17.9 Å². The molecule has 0 fully saturated rings. The maximum atomic E-state index is 11.7. The number of aromatic nitrogens is 4. The Balaban J connectivity index is 2.22. The molecular formula is C10H14N4O2S2. The van der Waals surface area contributed by atoms with Crippen LogP contribution < -0.4 is 10.6 Å². The van der Waals surface area contributed by atoms with E-state index in [9.17, 15) is 9.59 Å². The molecular weight excluding hydrogens is 272 g/mol. The summed E-state index contributed by atoms with van der Waals surface area (Å²) in [5, 5.41) is 0.481. The van der Waals surface area contributed by atoms with Crippen molar-refractivity contribution in [2.75, 3.05) is 0 Å². The second-order valence-corrected chi connectivity index (χ2v) is 5.57. The van der Waals surface area contributed by atoms with Crippen molar-refractivity contribution in [3.05, 3.63) is 26.0 Å². The van der Waals surface area contributed by atoms with Gasteiger partial charge in [-0.3, -0.25) is 9.36 Å². The summed E-state index contributed by atoms with van der Waals surface area (Å²) in [6.45, 7) is 2.14. The maximum Gasteiger partial charge on any atom is 0.347 e. The summed E-state index contributed by atoms with van der Waals surface area (Å²) in [6.07, 6.45) is 4.16. The van der Waals surface area contributed by atoms with Crippen LogP contribution in [0.25, 0.3) is 5.13 Å². The molecule has 0 amide bonds. The predicted octanol–water partition coefficient (Wildman–Crippen LogP) is 1.18. The molecule has 0 aliphatic rings. The number of hydrogen-bond acceptors (Lipinski definition) is 6. The SMILES string of the molecule is CCCCCc1nsc(-n2sc(=O)n(C)c2=O)n1. The zero-order valence-corrected chi connectivity index (χ0v) is 11.9. The first-order valence-electron chi connectivity index (χ1n) is 5.75. The second kappa shape index (κ2) is 5.57. The zero-order chi connectivity index (χ0) is 13.1. The summed E-state index contributed by atoms with van der Waals surface area (Å²) in [5.41, 5.74) is -0.360. The summed E-state index contributed by atoms with van der Waals surface area (Å²) in [4.78, 5) is 27.1. The van der Waals surface area contributed by atoms with E-state index in [1.807, 2.05) is 0 Å².